The van der Waals surface area contributed by atoms with Crippen molar-refractivity contribution < 1.29 is 4.39 Å². The average molecular weight is 272 g/mol. The summed E-state index contributed by atoms with van der Waals surface area (Å²) in [6.45, 7) is 2.13. The van der Waals surface area contributed by atoms with Gasteiger partial charge in [0.1, 0.15) is 5.82 Å². The van der Waals surface area contributed by atoms with Crippen LogP contribution in [-0.4, -0.2) is 10.1 Å². The molecule has 1 aromatic carbocycles. The van der Waals surface area contributed by atoms with Gasteiger partial charge in [0.25, 0.3) is 0 Å². The molecule has 0 aliphatic rings. The Morgan fingerprint density at radius 2 is 2.05 bits per heavy atom. The smallest absolute Gasteiger partial charge is 0.165 e. The second kappa shape index (κ2) is 6.32. The Bertz CT molecular complexity index is 617. The highest BCUT2D eigenvalue weighted by Gasteiger charge is 2.07. The molecule has 0 aliphatic carbocycles. The summed E-state index contributed by atoms with van der Waals surface area (Å²) in [5.74, 6) is -0.124. The van der Waals surface area contributed by atoms with Gasteiger partial charge in [-0.1, -0.05) is 37.6 Å². The Labute approximate surface area is 117 Å². The van der Waals surface area contributed by atoms with E-state index in [-0.39, 0.29) is 11.6 Å². The van der Waals surface area contributed by atoms with E-state index >= 15 is 0 Å². The van der Waals surface area contributed by atoms with Gasteiger partial charge in [-0.15, -0.1) is 0 Å². The van der Waals surface area contributed by atoms with Gasteiger partial charge in [0.05, 0.1) is 5.16 Å². The Morgan fingerprint density at radius 1 is 1.32 bits per heavy atom. The third-order valence-electron chi connectivity index (χ3n) is 2.80. The average Bonchev–Trinajstić information content (AvgIpc) is 2.41. The fourth-order valence-electron chi connectivity index (χ4n) is 1.88. The van der Waals surface area contributed by atoms with Crippen molar-refractivity contribution in [1.82, 2.24) is 4.98 Å². The Morgan fingerprint density at radius 3 is 2.63 bits per heavy atom. The molecule has 0 bridgehead atoms. The number of hydrogen-bond donors (Lipinski definition) is 0. The van der Waals surface area contributed by atoms with Crippen LogP contribution in [0, 0.1) is 5.82 Å². The molecule has 4 heteroatoms. The number of halogens is 1. The summed E-state index contributed by atoms with van der Waals surface area (Å²) in [5.41, 5.74) is 2.52. The first-order chi connectivity index (χ1) is 9.24. The number of aryl methyl sites for hydroxylation is 1. The molecule has 1 heterocycles. The van der Waals surface area contributed by atoms with Gasteiger partial charge < -0.3 is 0 Å². The molecule has 0 amide bonds. The fourth-order valence-corrected chi connectivity index (χ4v) is 1.97. The molecule has 0 atom stereocenters. The minimum absolute atomic E-state index is 0.235. The van der Waals surface area contributed by atoms with E-state index in [9.17, 15) is 4.39 Å². The molecule has 0 N–H and O–H groups in total. The summed E-state index contributed by atoms with van der Waals surface area (Å²) in [4.78, 5) is 7.68. The van der Waals surface area contributed by atoms with Gasteiger partial charge in [0, 0.05) is 17.8 Å². The topological polar surface area (TPSA) is 25.2 Å². The summed E-state index contributed by atoms with van der Waals surface area (Å²) in [7, 11) is 0. The lowest BCUT2D eigenvalue weighted by Gasteiger charge is -2.05. The normalized spacial score (nSPS) is 10.0. The molecule has 0 saturated heterocycles. The van der Waals surface area contributed by atoms with E-state index in [1.54, 1.807) is 0 Å². The minimum atomic E-state index is -0.359. The number of isothiocyanates is 1. The third kappa shape index (κ3) is 3.31. The van der Waals surface area contributed by atoms with Crippen LogP contribution < -0.4 is 0 Å². The van der Waals surface area contributed by atoms with Gasteiger partial charge in [0.2, 0.25) is 0 Å². The first kappa shape index (κ1) is 13.5. The summed E-state index contributed by atoms with van der Waals surface area (Å²) in [6.07, 6.45) is 3.60. The van der Waals surface area contributed by atoms with Crippen molar-refractivity contribution in [3.63, 3.8) is 0 Å². The molecule has 0 aliphatic heterocycles. The standard InChI is InChI=1S/C15H13FN2S/c1-2-3-11-4-6-12(7-5-11)13-9-17-15(18-10-19)8-14(13)16/h4-9H,2-3H2,1H3. The predicted octanol–water partition coefficient (Wildman–Crippen LogP) is 4.57. The molecule has 2 aromatic rings. The maximum Gasteiger partial charge on any atom is 0.165 e. The largest absolute Gasteiger partial charge is 0.236 e. The van der Waals surface area contributed by atoms with Crippen LogP contribution in [0.25, 0.3) is 11.1 Å². The van der Waals surface area contributed by atoms with E-state index in [4.69, 9.17) is 0 Å². The number of pyridine rings is 1. The van der Waals surface area contributed by atoms with Gasteiger partial charge in [-0.05, 0) is 29.8 Å². The summed E-state index contributed by atoms with van der Waals surface area (Å²) in [6, 6.07) is 9.11. The zero-order valence-electron chi connectivity index (χ0n) is 10.6. The molecule has 0 radical (unpaired) electrons. The molecular formula is C15H13FN2S. The highest BCUT2D eigenvalue weighted by atomic mass is 32.1. The fraction of sp³-hybridized carbons (Fsp3) is 0.200. The molecule has 0 saturated carbocycles. The lowest BCUT2D eigenvalue weighted by Crippen LogP contribution is -1.88. The number of aromatic nitrogens is 1. The van der Waals surface area contributed by atoms with E-state index in [1.165, 1.54) is 17.8 Å². The SMILES string of the molecule is CCCc1ccc(-c2cnc(N=C=S)cc2F)cc1. The zero-order valence-corrected chi connectivity index (χ0v) is 11.4. The summed E-state index contributed by atoms with van der Waals surface area (Å²) >= 11 is 4.46. The Hall–Kier alpha value is -1.90. The quantitative estimate of drug-likeness (QED) is 0.601. The molecule has 1 aromatic heterocycles. The number of aliphatic imine (C=N–C) groups is 1. The van der Waals surface area contributed by atoms with Crippen molar-refractivity contribution in [2.45, 2.75) is 19.8 Å². The number of rotatable bonds is 4. The van der Waals surface area contributed by atoms with Gasteiger partial charge in [-0.3, -0.25) is 0 Å². The summed E-state index contributed by atoms with van der Waals surface area (Å²) < 4.78 is 13.9. The molecule has 19 heavy (non-hydrogen) atoms. The van der Waals surface area contributed by atoms with Crippen molar-refractivity contribution in [2.75, 3.05) is 0 Å². The first-order valence-corrected chi connectivity index (χ1v) is 6.48. The number of hydrogen-bond acceptors (Lipinski definition) is 3. The van der Waals surface area contributed by atoms with E-state index in [2.05, 4.69) is 34.3 Å². The van der Waals surface area contributed by atoms with Crippen molar-refractivity contribution >= 4 is 23.2 Å². The second-order valence-electron chi connectivity index (χ2n) is 4.17. The molecule has 2 rings (SSSR count). The van der Waals surface area contributed by atoms with Crippen molar-refractivity contribution in [3.8, 4) is 11.1 Å². The molecule has 0 unspecified atom stereocenters. The van der Waals surface area contributed by atoms with E-state index < -0.39 is 0 Å². The third-order valence-corrected chi connectivity index (χ3v) is 2.89. The van der Waals surface area contributed by atoms with Gasteiger partial charge in [-0.25, -0.2) is 9.37 Å². The van der Waals surface area contributed by atoms with Gasteiger partial charge in [0.15, 0.2) is 5.82 Å². The number of benzene rings is 1. The van der Waals surface area contributed by atoms with E-state index in [0.717, 1.165) is 18.4 Å². The monoisotopic (exact) mass is 272 g/mol. The van der Waals surface area contributed by atoms with Crippen LogP contribution in [0.15, 0.2) is 41.5 Å². The molecule has 0 spiro atoms. The highest BCUT2D eigenvalue weighted by Crippen LogP contribution is 2.24. The lowest BCUT2D eigenvalue weighted by molar-refractivity contribution is 0.629. The number of thiocarbonyl (C=S) groups is 1. The maximum absolute atomic E-state index is 13.9. The van der Waals surface area contributed by atoms with E-state index in [0.29, 0.717) is 5.56 Å². The minimum Gasteiger partial charge on any atom is -0.236 e. The Kier molecular flexibility index (Phi) is 4.50. The first-order valence-electron chi connectivity index (χ1n) is 6.07. The summed E-state index contributed by atoms with van der Waals surface area (Å²) in [5, 5.41) is 2.17. The van der Waals surface area contributed by atoms with Crippen LogP contribution in [-0.2, 0) is 6.42 Å². The predicted molar refractivity (Wildman–Crippen MR) is 78.3 cm³/mol. The molecule has 2 nitrogen and oxygen atoms in total. The van der Waals surface area contributed by atoms with Crippen molar-refractivity contribution in [1.29, 1.82) is 0 Å². The maximum atomic E-state index is 13.9. The number of nitrogens with zero attached hydrogens (tertiary/aromatic N) is 2. The van der Waals surface area contributed by atoms with Gasteiger partial charge in [-0.2, -0.15) is 4.99 Å². The molecule has 0 fully saturated rings. The van der Waals surface area contributed by atoms with Crippen LogP contribution in [0.2, 0.25) is 0 Å². The Balaban J connectivity index is 2.33. The van der Waals surface area contributed by atoms with E-state index in [1.807, 2.05) is 24.3 Å². The van der Waals surface area contributed by atoms with Crippen LogP contribution in [0.3, 0.4) is 0 Å². The van der Waals surface area contributed by atoms with Crippen LogP contribution in [0.1, 0.15) is 18.9 Å². The van der Waals surface area contributed by atoms with Crippen LogP contribution >= 0.6 is 12.2 Å². The van der Waals surface area contributed by atoms with Crippen molar-refractivity contribution in [3.05, 3.63) is 47.9 Å². The lowest BCUT2D eigenvalue weighted by atomic mass is 10.0. The highest BCUT2D eigenvalue weighted by molar-refractivity contribution is 7.78. The van der Waals surface area contributed by atoms with Crippen LogP contribution in [0.5, 0.6) is 0 Å². The van der Waals surface area contributed by atoms with Gasteiger partial charge >= 0.3 is 0 Å². The second-order valence-corrected chi connectivity index (χ2v) is 4.35. The molecular weight excluding hydrogens is 259 g/mol. The zero-order chi connectivity index (χ0) is 13.7. The van der Waals surface area contributed by atoms with Crippen LogP contribution in [0.4, 0.5) is 10.2 Å². The van der Waals surface area contributed by atoms with Crippen molar-refractivity contribution in [2.24, 2.45) is 4.99 Å². The molecule has 96 valence electrons.